The van der Waals surface area contributed by atoms with Gasteiger partial charge in [0.15, 0.2) is 6.61 Å². The molecule has 0 fully saturated rings. The van der Waals surface area contributed by atoms with Crippen molar-refractivity contribution in [2.75, 3.05) is 25.0 Å². The fourth-order valence-electron chi connectivity index (χ4n) is 2.61. The minimum atomic E-state index is -3.61. The van der Waals surface area contributed by atoms with Gasteiger partial charge in [-0.15, -0.1) is 0 Å². The predicted octanol–water partition coefficient (Wildman–Crippen LogP) is 3.47. The van der Waals surface area contributed by atoms with Gasteiger partial charge < -0.3 is 10.1 Å². The summed E-state index contributed by atoms with van der Waals surface area (Å²) in [6.45, 7) is 5.54. The van der Waals surface area contributed by atoms with Crippen LogP contribution in [-0.2, 0) is 19.6 Å². The molecule has 0 radical (unpaired) electrons. The second-order valence-electron chi connectivity index (χ2n) is 6.20. The van der Waals surface area contributed by atoms with E-state index in [0.29, 0.717) is 23.8 Å². The van der Waals surface area contributed by atoms with Crippen LogP contribution in [0, 0.1) is 6.92 Å². The first kappa shape index (κ1) is 22.9. The highest BCUT2D eigenvalue weighted by atomic mass is 35.5. The quantitative estimate of drug-likeness (QED) is 0.637. The van der Waals surface area contributed by atoms with Crippen LogP contribution in [0.3, 0.4) is 0 Å². The third-order valence-electron chi connectivity index (χ3n) is 4.24. The number of rotatable bonds is 8. The molecular formula is C20H23ClN2O5S. The summed E-state index contributed by atoms with van der Waals surface area (Å²) in [5.41, 5.74) is 1.50. The Morgan fingerprint density at radius 2 is 1.69 bits per heavy atom. The molecule has 7 nitrogen and oxygen atoms in total. The number of benzene rings is 2. The number of hydrogen-bond acceptors (Lipinski definition) is 5. The van der Waals surface area contributed by atoms with Gasteiger partial charge in [0, 0.05) is 23.8 Å². The number of carbonyl (C=O) groups is 2. The van der Waals surface area contributed by atoms with E-state index in [0.717, 1.165) is 5.56 Å². The Hall–Kier alpha value is -2.42. The number of amides is 1. The summed E-state index contributed by atoms with van der Waals surface area (Å²) in [5.74, 6) is -1.24. The van der Waals surface area contributed by atoms with Gasteiger partial charge in [-0.25, -0.2) is 13.2 Å². The van der Waals surface area contributed by atoms with E-state index in [-0.39, 0.29) is 10.5 Å². The predicted molar refractivity (Wildman–Crippen MR) is 112 cm³/mol. The Kier molecular flexibility index (Phi) is 7.78. The van der Waals surface area contributed by atoms with Crippen molar-refractivity contribution in [1.29, 1.82) is 0 Å². The number of halogens is 1. The van der Waals surface area contributed by atoms with Gasteiger partial charge in [-0.3, -0.25) is 4.79 Å². The second kappa shape index (κ2) is 9.87. The fraction of sp³-hybridized carbons (Fsp3) is 0.300. The third kappa shape index (κ3) is 5.79. The Morgan fingerprint density at radius 1 is 1.07 bits per heavy atom. The van der Waals surface area contributed by atoms with Crippen molar-refractivity contribution >= 4 is 39.2 Å². The lowest BCUT2D eigenvalue weighted by Gasteiger charge is -2.18. The van der Waals surface area contributed by atoms with E-state index in [9.17, 15) is 18.0 Å². The lowest BCUT2D eigenvalue weighted by atomic mass is 10.2. The number of sulfonamides is 1. The van der Waals surface area contributed by atoms with Gasteiger partial charge in [0.2, 0.25) is 10.0 Å². The molecule has 0 aromatic heterocycles. The molecule has 0 aliphatic carbocycles. The Labute approximate surface area is 175 Å². The molecule has 9 heteroatoms. The van der Waals surface area contributed by atoms with Gasteiger partial charge in [0.1, 0.15) is 0 Å². The monoisotopic (exact) mass is 438 g/mol. The Balaban J connectivity index is 1.99. The van der Waals surface area contributed by atoms with E-state index in [4.69, 9.17) is 16.3 Å². The molecule has 2 aromatic rings. The Morgan fingerprint density at radius 3 is 2.28 bits per heavy atom. The number of aryl methyl sites for hydroxylation is 1. The standard InChI is InChI=1S/C20H23ClN2O5S/c1-4-23(5-2)29(26,27)17-10-7-15(8-11-17)20(25)28-13-19(24)22-18-12-16(21)9-6-14(18)3/h6-12H,4-5,13H2,1-3H3,(H,22,24). The molecule has 1 amide bonds. The van der Waals surface area contributed by atoms with Crippen LogP contribution in [0.1, 0.15) is 29.8 Å². The SMILES string of the molecule is CCN(CC)S(=O)(=O)c1ccc(C(=O)OCC(=O)Nc2cc(Cl)ccc2C)cc1. The van der Waals surface area contributed by atoms with Gasteiger partial charge in [-0.1, -0.05) is 31.5 Å². The van der Waals surface area contributed by atoms with Crippen LogP contribution < -0.4 is 5.32 Å². The number of nitrogens with one attached hydrogen (secondary N) is 1. The first-order chi connectivity index (χ1) is 13.7. The molecule has 2 rings (SSSR count). The normalized spacial score (nSPS) is 11.3. The molecular weight excluding hydrogens is 416 g/mol. The minimum Gasteiger partial charge on any atom is -0.452 e. The van der Waals surface area contributed by atoms with Crippen molar-refractivity contribution in [2.24, 2.45) is 0 Å². The lowest BCUT2D eigenvalue weighted by Crippen LogP contribution is -2.30. The molecule has 0 aliphatic heterocycles. The van der Waals surface area contributed by atoms with E-state index < -0.39 is 28.5 Å². The van der Waals surface area contributed by atoms with Crippen molar-refractivity contribution in [2.45, 2.75) is 25.7 Å². The second-order valence-corrected chi connectivity index (χ2v) is 8.57. The van der Waals surface area contributed by atoms with Crippen LogP contribution in [0.15, 0.2) is 47.4 Å². The van der Waals surface area contributed by atoms with Crippen LogP contribution in [0.5, 0.6) is 0 Å². The fourth-order valence-corrected chi connectivity index (χ4v) is 4.24. The van der Waals surface area contributed by atoms with Crippen LogP contribution in [0.4, 0.5) is 5.69 Å². The highest BCUT2D eigenvalue weighted by Gasteiger charge is 2.22. The summed E-state index contributed by atoms with van der Waals surface area (Å²) in [4.78, 5) is 24.3. The van der Waals surface area contributed by atoms with E-state index in [1.165, 1.54) is 28.6 Å². The number of carbonyl (C=O) groups excluding carboxylic acids is 2. The van der Waals surface area contributed by atoms with E-state index in [2.05, 4.69) is 5.32 Å². The average Bonchev–Trinajstić information content (AvgIpc) is 2.69. The minimum absolute atomic E-state index is 0.0897. The molecule has 0 spiro atoms. The van der Waals surface area contributed by atoms with E-state index in [1.54, 1.807) is 32.0 Å². The largest absolute Gasteiger partial charge is 0.452 e. The van der Waals surface area contributed by atoms with Crippen LogP contribution in [0.25, 0.3) is 0 Å². The van der Waals surface area contributed by atoms with Crippen molar-refractivity contribution in [1.82, 2.24) is 4.31 Å². The summed E-state index contributed by atoms with van der Waals surface area (Å²) in [6, 6.07) is 10.5. The van der Waals surface area contributed by atoms with Crippen LogP contribution >= 0.6 is 11.6 Å². The maximum atomic E-state index is 12.5. The van der Waals surface area contributed by atoms with E-state index in [1.807, 2.05) is 6.92 Å². The zero-order valence-electron chi connectivity index (χ0n) is 16.4. The van der Waals surface area contributed by atoms with Crippen molar-refractivity contribution in [3.8, 4) is 0 Å². The lowest BCUT2D eigenvalue weighted by molar-refractivity contribution is -0.119. The molecule has 0 saturated carbocycles. The maximum Gasteiger partial charge on any atom is 0.338 e. The van der Waals surface area contributed by atoms with Gasteiger partial charge in [-0.05, 0) is 48.9 Å². The van der Waals surface area contributed by atoms with Crippen molar-refractivity contribution in [3.63, 3.8) is 0 Å². The molecule has 0 unspecified atom stereocenters. The molecule has 29 heavy (non-hydrogen) atoms. The Bertz CT molecular complexity index is 986. The van der Waals surface area contributed by atoms with Crippen LogP contribution in [-0.4, -0.2) is 44.3 Å². The first-order valence-electron chi connectivity index (χ1n) is 9.02. The van der Waals surface area contributed by atoms with Gasteiger partial charge >= 0.3 is 5.97 Å². The van der Waals surface area contributed by atoms with E-state index >= 15 is 0 Å². The summed E-state index contributed by atoms with van der Waals surface area (Å²) in [5, 5.41) is 3.10. The van der Waals surface area contributed by atoms with Gasteiger partial charge in [0.05, 0.1) is 10.5 Å². The third-order valence-corrected chi connectivity index (χ3v) is 6.54. The number of nitrogens with zero attached hydrogens (tertiary/aromatic N) is 1. The molecule has 156 valence electrons. The topological polar surface area (TPSA) is 92.8 Å². The molecule has 0 aliphatic rings. The smallest absolute Gasteiger partial charge is 0.338 e. The highest BCUT2D eigenvalue weighted by molar-refractivity contribution is 7.89. The molecule has 1 N–H and O–H groups in total. The molecule has 0 bridgehead atoms. The summed E-state index contributed by atoms with van der Waals surface area (Å²) in [7, 11) is -3.61. The van der Waals surface area contributed by atoms with Crippen molar-refractivity contribution in [3.05, 3.63) is 58.6 Å². The molecule has 2 aromatic carbocycles. The number of anilines is 1. The number of ether oxygens (including phenoxy) is 1. The molecule has 0 atom stereocenters. The van der Waals surface area contributed by atoms with Crippen molar-refractivity contribution < 1.29 is 22.7 Å². The molecule has 0 saturated heterocycles. The summed E-state index contributed by atoms with van der Waals surface area (Å²) >= 11 is 5.91. The highest BCUT2D eigenvalue weighted by Crippen LogP contribution is 2.20. The zero-order chi connectivity index (χ0) is 21.6. The van der Waals surface area contributed by atoms with Gasteiger partial charge in [0.25, 0.3) is 5.91 Å². The maximum absolute atomic E-state index is 12.5. The summed E-state index contributed by atoms with van der Waals surface area (Å²) in [6.07, 6.45) is 0. The number of esters is 1. The average molecular weight is 439 g/mol. The van der Waals surface area contributed by atoms with Crippen LogP contribution in [0.2, 0.25) is 5.02 Å². The first-order valence-corrected chi connectivity index (χ1v) is 10.8. The summed E-state index contributed by atoms with van der Waals surface area (Å²) < 4.78 is 31.3. The number of hydrogen-bond donors (Lipinski definition) is 1. The van der Waals surface area contributed by atoms with Gasteiger partial charge in [-0.2, -0.15) is 4.31 Å². The zero-order valence-corrected chi connectivity index (χ0v) is 18.0. The molecule has 0 heterocycles.